The van der Waals surface area contributed by atoms with E-state index in [1.54, 1.807) is 0 Å². The van der Waals surface area contributed by atoms with Gasteiger partial charge in [0.15, 0.2) is 29.3 Å². The van der Waals surface area contributed by atoms with Gasteiger partial charge in [-0.1, -0.05) is 0 Å². The highest BCUT2D eigenvalue weighted by Crippen LogP contribution is 2.42. The Morgan fingerprint density at radius 3 is 1.98 bits per heavy atom. The lowest BCUT2D eigenvalue weighted by Gasteiger charge is -2.42. The van der Waals surface area contributed by atoms with Gasteiger partial charge < -0.3 is 79.5 Å². The molecule has 3 heterocycles. The number of hydrogen-bond donors (Lipinski definition) is 11. The SMILES string of the molecule is C[C@@H]1OC(OC[C@H]2OC(Oc3cc(O)c4c(=O)c(O)c(-c5cc(O)c(O)c(O)c5)oc4c3)[C@H](O)C(O)[C@@H]2O)[C@H](O)[C@H](O)[C@H]1O. The lowest BCUT2D eigenvalue weighted by atomic mass is 9.98. The average Bonchev–Trinajstić information content (AvgIpc) is 2.98. The Morgan fingerprint density at radius 2 is 1.32 bits per heavy atom. The molecule has 2 aliphatic rings. The second kappa shape index (κ2) is 11.9. The predicted molar refractivity (Wildman–Crippen MR) is 142 cm³/mol. The molecule has 2 saturated heterocycles. The Labute approximate surface area is 246 Å². The van der Waals surface area contributed by atoms with Crippen LogP contribution in [0.2, 0.25) is 0 Å². The maximum atomic E-state index is 12.9. The molecule has 10 atom stereocenters. The normalized spacial score (nSPS) is 32.5. The van der Waals surface area contributed by atoms with E-state index in [1.807, 2.05) is 0 Å². The number of aliphatic hydroxyl groups excluding tert-OH is 6. The predicted octanol–water partition coefficient (Wildman–Crippen LogP) is -1.98. The van der Waals surface area contributed by atoms with Crippen molar-refractivity contribution in [3.05, 3.63) is 34.5 Å². The number of phenolic OH excluding ortho intramolecular Hbond substituents is 4. The molecule has 0 amide bonds. The third-order valence-corrected chi connectivity index (χ3v) is 7.41. The first-order valence-corrected chi connectivity index (χ1v) is 13.1. The van der Waals surface area contributed by atoms with Crippen molar-refractivity contribution in [1.82, 2.24) is 0 Å². The van der Waals surface area contributed by atoms with Gasteiger partial charge in [-0.15, -0.1) is 0 Å². The number of benzene rings is 2. The minimum Gasteiger partial charge on any atom is -0.507 e. The van der Waals surface area contributed by atoms with Gasteiger partial charge in [-0.05, 0) is 19.1 Å². The van der Waals surface area contributed by atoms with Crippen molar-refractivity contribution in [2.24, 2.45) is 0 Å². The average molecular weight is 627 g/mol. The fraction of sp³-hybridized carbons (Fsp3) is 0.444. The van der Waals surface area contributed by atoms with Crippen LogP contribution in [0.25, 0.3) is 22.3 Å². The molecule has 2 fully saturated rings. The van der Waals surface area contributed by atoms with Crippen LogP contribution in [0.15, 0.2) is 33.5 Å². The molecule has 0 bridgehead atoms. The second-order valence-corrected chi connectivity index (χ2v) is 10.4. The standard InChI is InChI=1S/C27H30O17/c1-7-16(31)20(35)23(38)26(41-7)40-6-14-18(33)21(36)24(39)27(44-14)42-9-4-10(28)15-13(5-9)43-25(22(37)19(15)34)8-2-11(29)17(32)12(30)3-8/h2-5,7,14,16,18,20-21,23-24,26-33,35-39H,6H2,1H3/t7-,14+,16-,18+,20+,21?,23+,24+,26?,27?/m0/s1. The van der Waals surface area contributed by atoms with Gasteiger partial charge in [0.05, 0.1) is 12.7 Å². The molecule has 3 aromatic rings. The number of aliphatic hydroxyl groups is 6. The molecule has 44 heavy (non-hydrogen) atoms. The molecule has 5 rings (SSSR count). The van der Waals surface area contributed by atoms with Crippen LogP contribution in [0.3, 0.4) is 0 Å². The highest BCUT2D eigenvalue weighted by Gasteiger charge is 2.47. The zero-order chi connectivity index (χ0) is 32.2. The molecule has 2 aromatic carbocycles. The summed E-state index contributed by atoms with van der Waals surface area (Å²) in [7, 11) is 0. The number of hydrogen-bond acceptors (Lipinski definition) is 17. The summed E-state index contributed by atoms with van der Waals surface area (Å²) in [4.78, 5) is 12.9. The minimum absolute atomic E-state index is 0.227. The summed E-state index contributed by atoms with van der Waals surface area (Å²) in [6.45, 7) is 0.866. The lowest BCUT2D eigenvalue weighted by Crippen LogP contribution is -2.61. The van der Waals surface area contributed by atoms with Gasteiger partial charge in [0.1, 0.15) is 65.2 Å². The zero-order valence-electron chi connectivity index (χ0n) is 22.7. The molecule has 11 N–H and O–H groups in total. The van der Waals surface area contributed by atoms with E-state index in [1.165, 1.54) is 6.92 Å². The van der Waals surface area contributed by atoms with Gasteiger partial charge in [-0.3, -0.25) is 4.79 Å². The van der Waals surface area contributed by atoms with Crippen LogP contribution < -0.4 is 10.2 Å². The molecular formula is C27H30O17. The molecule has 0 spiro atoms. The van der Waals surface area contributed by atoms with Gasteiger partial charge in [0, 0.05) is 17.7 Å². The second-order valence-electron chi connectivity index (χ2n) is 10.4. The van der Waals surface area contributed by atoms with E-state index in [-0.39, 0.29) is 16.9 Å². The third kappa shape index (κ3) is 5.56. The number of ether oxygens (including phenoxy) is 4. The van der Waals surface area contributed by atoms with Crippen molar-refractivity contribution in [2.45, 2.75) is 68.3 Å². The molecule has 1 aromatic heterocycles. The summed E-state index contributed by atoms with van der Waals surface area (Å²) in [6, 6.07) is 3.75. The first-order valence-electron chi connectivity index (χ1n) is 13.1. The topological polar surface area (TPSA) is 290 Å². The summed E-state index contributed by atoms with van der Waals surface area (Å²) < 4.78 is 27.5. The van der Waals surface area contributed by atoms with E-state index in [4.69, 9.17) is 23.4 Å². The third-order valence-electron chi connectivity index (χ3n) is 7.41. The monoisotopic (exact) mass is 626 g/mol. The summed E-state index contributed by atoms with van der Waals surface area (Å²) >= 11 is 0. The van der Waals surface area contributed by atoms with Crippen molar-refractivity contribution < 1.29 is 79.5 Å². The van der Waals surface area contributed by atoms with E-state index in [0.29, 0.717) is 0 Å². The van der Waals surface area contributed by atoms with Crippen LogP contribution in [0.4, 0.5) is 0 Å². The fourth-order valence-electron chi connectivity index (χ4n) is 4.89. The Morgan fingerprint density at radius 1 is 0.705 bits per heavy atom. The van der Waals surface area contributed by atoms with Crippen molar-refractivity contribution in [3.8, 4) is 45.8 Å². The van der Waals surface area contributed by atoms with Gasteiger partial charge in [0.25, 0.3) is 0 Å². The highest BCUT2D eigenvalue weighted by molar-refractivity contribution is 5.88. The van der Waals surface area contributed by atoms with E-state index in [0.717, 1.165) is 24.3 Å². The van der Waals surface area contributed by atoms with Crippen LogP contribution in [0.5, 0.6) is 34.5 Å². The summed E-state index contributed by atoms with van der Waals surface area (Å²) in [5.74, 6) is -5.05. The first-order chi connectivity index (χ1) is 20.7. The van der Waals surface area contributed by atoms with Crippen molar-refractivity contribution in [1.29, 1.82) is 0 Å². The zero-order valence-corrected chi connectivity index (χ0v) is 22.7. The van der Waals surface area contributed by atoms with Crippen LogP contribution in [0.1, 0.15) is 6.92 Å². The molecule has 2 aliphatic heterocycles. The van der Waals surface area contributed by atoms with Crippen molar-refractivity contribution >= 4 is 11.0 Å². The molecular weight excluding hydrogens is 596 g/mol. The first kappa shape index (κ1) is 31.5. The van der Waals surface area contributed by atoms with Crippen molar-refractivity contribution in [2.75, 3.05) is 6.61 Å². The van der Waals surface area contributed by atoms with Gasteiger partial charge in [0.2, 0.25) is 17.5 Å². The quantitative estimate of drug-likeness (QED) is 0.132. The Kier molecular flexibility index (Phi) is 8.51. The molecule has 240 valence electrons. The van der Waals surface area contributed by atoms with Crippen LogP contribution >= 0.6 is 0 Å². The van der Waals surface area contributed by atoms with Crippen LogP contribution in [-0.4, -0.2) is 124 Å². The molecule has 0 radical (unpaired) electrons. The van der Waals surface area contributed by atoms with Crippen LogP contribution in [0, 0.1) is 0 Å². The molecule has 3 unspecified atom stereocenters. The van der Waals surface area contributed by atoms with Crippen molar-refractivity contribution in [3.63, 3.8) is 0 Å². The summed E-state index contributed by atoms with van der Waals surface area (Å²) in [5.41, 5.74) is -1.72. The molecule has 0 saturated carbocycles. The Balaban J connectivity index is 1.40. The molecule has 17 heteroatoms. The van der Waals surface area contributed by atoms with Gasteiger partial charge in [-0.2, -0.15) is 0 Å². The Hall–Kier alpha value is -3.91. The van der Waals surface area contributed by atoms with E-state index < -0.39 is 113 Å². The van der Waals surface area contributed by atoms with E-state index >= 15 is 0 Å². The number of fused-ring (bicyclic) bond motifs is 1. The molecule has 0 aliphatic carbocycles. The minimum atomic E-state index is -1.86. The fourth-order valence-corrected chi connectivity index (χ4v) is 4.89. The van der Waals surface area contributed by atoms with E-state index in [2.05, 4.69) is 0 Å². The summed E-state index contributed by atoms with van der Waals surface area (Å²) in [5, 5.41) is 111. The molecule has 17 nitrogen and oxygen atoms in total. The van der Waals surface area contributed by atoms with Crippen LogP contribution in [-0.2, 0) is 14.2 Å². The largest absolute Gasteiger partial charge is 0.507 e. The number of phenols is 4. The van der Waals surface area contributed by atoms with Gasteiger partial charge >= 0.3 is 0 Å². The smallest absolute Gasteiger partial charge is 0.238 e. The number of aromatic hydroxyl groups is 5. The maximum Gasteiger partial charge on any atom is 0.238 e. The lowest BCUT2D eigenvalue weighted by molar-refractivity contribution is -0.318. The van der Waals surface area contributed by atoms with E-state index in [9.17, 15) is 61.0 Å². The Bertz CT molecular complexity index is 1570. The van der Waals surface area contributed by atoms with Gasteiger partial charge in [-0.25, -0.2) is 0 Å². The maximum absolute atomic E-state index is 12.9. The summed E-state index contributed by atoms with van der Waals surface area (Å²) in [6.07, 6.45) is -15.6. The number of rotatable bonds is 6. The highest BCUT2D eigenvalue weighted by atomic mass is 16.7.